The van der Waals surface area contributed by atoms with Crippen LogP contribution >= 0.6 is 0 Å². The van der Waals surface area contributed by atoms with Gasteiger partial charge in [-0.25, -0.2) is 4.39 Å². The molecule has 1 saturated carbocycles. The van der Waals surface area contributed by atoms with E-state index in [1.165, 1.54) is 63.3 Å². The fourth-order valence-electron chi connectivity index (χ4n) is 2.27. The first-order valence-corrected chi connectivity index (χ1v) is 11.3. The van der Waals surface area contributed by atoms with Crippen LogP contribution in [0.25, 0.3) is 0 Å². The van der Waals surface area contributed by atoms with Gasteiger partial charge in [0.25, 0.3) is 0 Å². The van der Waals surface area contributed by atoms with E-state index in [1.807, 2.05) is 55.4 Å². The van der Waals surface area contributed by atoms with Gasteiger partial charge in [0, 0.05) is 25.6 Å². The van der Waals surface area contributed by atoms with Gasteiger partial charge < -0.3 is 10.6 Å². The van der Waals surface area contributed by atoms with E-state index in [2.05, 4.69) is 10.6 Å². The van der Waals surface area contributed by atoms with E-state index in [-0.39, 0.29) is 17.6 Å². The van der Waals surface area contributed by atoms with Crippen LogP contribution in [0.1, 0.15) is 101 Å². The van der Waals surface area contributed by atoms with Crippen LogP contribution in [0, 0.1) is 5.82 Å². The molecule has 2 rings (SSSR count). The maximum Gasteiger partial charge on any atom is 0.221 e. The zero-order valence-corrected chi connectivity index (χ0v) is 20.6. The summed E-state index contributed by atoms with van der Waals surface area (Å²) in [6.45, 7) is 19.0. The van der Waals surface area contributed by atoms with E-state index in [0.29, 0.717) is 11.7 Å². The monoisotopic (exact) mass is 414 g/mol. The Morgan fingerprint density at radius 3 is 1.52 bits per heavy atom. The van der Waals surface area contributed by atoms with Gasteiger partial charge in [-0.2, -0.15) is 0 Å². The molecule has 29 heavy (non-hydrogen) atoms. The molecule has 1 aromatic carbocycles. The highest BCUT2D eigenvalue weighted by Crippen LogP contribution is 2.16. The van der Waals surface area contributed by atoms with E-state index in [0.717, 1.165) is 0 Å². The third-order valence-electron chi connectivity index (χ3n) is 3.18. The van der Waals surface area contributed by atoms with Gasteiger partial charge in [-0.1, -0.05) is 74.7 Å². The minimum Gasteiger partial charge on any atom is -0.354 e. The first-order chi connectivity index (χ1) is 14.0. The third-order valence-corrected chi connectivity index (χ3v) is 3.18. The molecule has 1 aliphatic carbocycles. The van der Waals surface area contributed by atoms with Crippen molar-refractivity contribution in [1.29, 1.82) is 0 Å². The molecule has 0 saturated heterocycles. The molecule has 0 radical (unpaired) electrons. The number of carbonyl (C=O) groups is 2. The fraction of sp³-hybridized carbons (Fsp3) is 0.667. The lowest BCUT2D eigenvalue weighted by Crippen LogP contribution is -2.34. The molecule has 5 heteroatoms. The van der Waals surface area contributed by atoms with Crippen LogP contribution in [-0.2, 0) is 9.59 Å². The molecular weight excluding hydrogens is 367 g/mol. The highest BCUT2D eigenvalue weighted by atomic mass is 19.1. The van der Waals surface area contributed by atoms with Crippen LogP contribution in [-0.4, -0.2) is 17.9 Å². The molecule has 0 unspecified atom stereocenters. The summed E-state index contributed by atoms with van der Waals surface area (Å²) < 4.78 is 12.3. The van der Waals surface area contributed by atoms with Crippen molar-refractivity contribution in [2.75, 3.05) is 5.32 Å². The molecule has 0 atom stereocenters. The number of anilines is 1. The largest absolute Gasteiger partial charge is 0.354 e. The van der Waals surface area contributed by atoms with Gasteiger partial charge in [-0.3, -0.25) is 9.59 Å². The van der Waals surface area contributed by atoms with Crippen LogP contribution < -0.4 is 10.6 Å². The number of amides is 2. The fourth-order valence-corrected chi connectivity index (χ4v) is 2.27. The summed E-state index contributed by atoms with van der Waals surface area (Å²) in [6.07, 6.45) is 6.27. The molecule has 1 aromatic rings. The Morgan fingerprint density at radius 1 is 0.759 bits per heavy atom. The van der Waals surface area contributed by atoms with E-state index in [4.69, 9.17) is 0 Å². The SMILES string of the molecule is CC.CC.CC.CC.CC(=O)NC1CCCCC1.CC(=O)Nc1ccc(F)cc1. The van der Waals surface area contributed by atoms with Gasteiger partial charge >= 0.3 is 0 Å². The zero-order valence-electron chi connectivity index (χ0n) is 20.6. The molecule has 2 amide bonds. The molecule has 0 bridgehead atoms. The Morgan fingerprint density at radius 2 is 1.17 bits per heavy atom. The molecule has 172 valence electrons. The maximum absolute atomic E-state index is 12.3. The predicted molar refractivity (Wildman–Crippen MR) is 127 cm³/mol. The molecule has 0 aromatic heterocycles. The Hall–Kier alpha value is -1.91. The van der Waals surface area contributed by atoms with Crippen molar-refractivity contribution in [2.45, 2.75) is 107 Å². The molecule has 2 N–H and O–H groups in total. The maximum atomic E-state index is 12.3. The van der Waals surface area contributed by atoms with Crippen LogP contribution in [0.5, 0.6) is 0 Å². The van der Waals surface area contributed by atoms with Crippen LogP contribution in [0.2, 0.25) is 0 Å². The van der Waals surface area contributed by atoms with E-state index in [9.17, 15) is 14.0 Å². The summed E-state index contributed by atoms with van der Waals surface area (Å²) in [4.78, 5) is 21.1. The minimum atomic E-state index is -0.306. The third kappa shape index (κ3) is 26.1. The second kappa shape index (κ2) is 28.3. The topological polar surface area (TPSA) is 58.2 Å². The van der Waals surface area contributed by atoms with Crippen molar-refractivity contribution in [1.82, 2.24) is 5.32 Å². The van der Waals surface area contributed by atoms with Gasteiger partial charge in [-0.15, -0.1) is 0 Å². The standard InChI is InChI=1S/C8H8FNO.C8H15NO.4C2H6/c1-6(11)10-8-4-2-7(9)3-5-8;1-7(10)9-8-5-3-2-4-6-8;4*1-2/h2-5H,1H3,(H,10,11);8H,2-6H2,1H3,(H,9,10);4*1-2H3. The Balaban J connectivity index is -0.000000161. The summed E-state index contributed by atoms with van der Waals surface area (Å²) in [5.41, 5.74) is 0.610. The lowest BCUT2D eigenvalue weighted by molar-refractivity contribution is -0.120. The minimum absolute atomic E-state index is 0.118. The summed E-state index contributed by atoms with van der Waals surface area (Å²) in [5, 5.41) is 5.47. The smallest absolute Gasteiger partial charge is 0.221 e. The normalized spacial score (nSPS) is 11.4. The molecule has 1 aliphatic rings. The van der Waals surface area contributed by atoms with E-state index in [1.54, 1.807) is 6.92 Å². The number of hydrogen-bond acceptors (Lipinski definition) is 2. The second-order valence-electron chi connectivity index (χ2n) is 5.22. The highest BCUT2D eigenvalue weighted by Gasteiger charge is 2.12. The molecule has 0 spiro atoms. The van der Waals surface area contributed by atoms with E-state index < -0.39 is 0 Å². The molecule has 0 heterocycles. The molecular formula is C24H47FN2O2. The first kappa shape index (κ1) is 34.6. The average Bonchev–Trinajstić information content (AvgIpc) is 2.76. The van der Waals surface area contributed by atoms with Gasteiger partial charge in [0.2, 0.25) is 11.8 Å². The number of hydrogen-bond donors (Lipinski definition) is 2. The Kier molecular flexibility index (Phi) is 33.8. The van der Waals surface area contributed by atoms with Crippen molar-refractivity contribution in [2.24, 2.45) is 0 Å². The van der Waals surface area contributed by atoms with Crippen molar-refractivity contribution in [3.8, 4) is 0 Å². The number of benzene rings is 1. The Bertz CT molecular complexity index is 456. The lowest BCUT2D eigenvalue weighted by atomic mass is 9.95. The quantitative estimate of drug-likeness (QED) is 0.531. The molecule has 0 aliphatic heterocycles. The first-order valence-electron chi connectivity index (χ1n) is 11.3. The van der Waals surface area contributed by atoms with E-state index >= 15 is 0 Å². The average molecular weight is 415 g/mol. The second-order valence-corrected chi connectivity index (χ2v) is 5.22. The van der Waals surface area contributed by atoms with Gasteiger partial charge in [-0.05, 0) is 37.1 Å². The lowest BCUT2D eigenvalue weighted by Gasteiger charge is -2.21. The van der Waals surface area contributed by atoms with Crippen LogP contribution in [0.3, 0.4) is 0 Å². The summed E-state index contributed by atoms with van der Waals surface area (Å²) in [6, 6.07) is 6.09. The van der Waals surface area contributed by atoms with Crippen molar-refractivity contribution >= 4 is 17.5 Å². The number of halogens is 1. The van der Waals surface area contributed by atoms with Crippen LogP contribution in [0.4, 0.5) is 10.1 Å². The van der Waals surface area contributed by atoms with Crippen molar-refractivity contribution < 1.29 is 14.0 Å². The van der Waals surface area contributed by atoms with Gasteiger partial charge in [0.05, 0.1) is 0 Å². The molecule has 1 fully saturated rings. The summed E-state index contributed by atoms with van der Waals surface area (Å²) in [5.74, 6) is -0.345. The highest BCUT2D eigenvalue weighted by molar-refractivity contribution is 5.88. The van der Waals surface area contributed by atoms with Crippen LogP contribution in [0.15, 0.2) is 24.3 Å². The number of rotatable bonds is 2. The summed E-state index contributed by atoms with van der Waals surface area (Å²) >= 11 is 0. The van der Waals surface area contributed by atoms with Crippen molar-refractivity contribution in [3.63, 3.8) is 0 Å². The van der Waals surface area contributed by atoms with Gasteiger partial charge in [0.1, 0.15) is 5.82 Å². The summed E-state index contributed by atoms with van der Waals surface area (Å²) in [7, 11) is 0. The van der Waals surface area contributed by atoms with Crippen molar-refractivity contribution in [3.05, 3.63) is 30.1 Å². The Labute approximate surface area is 180 Å². The predicted octanol–water partition coefficient (Wildman–Crippen LogP) is 7.34. The number of nitrogens with one attached hydrogen (secondary N) is 2. The zero-order chi connectivity index (χ0) is 23.7. The van der Waals surface area contributed by atoms with Gasteiger partial charge in [0.15, 0.2) is 0 Å². The number of carbonyl (C=O) groups excluding carboxylic acids is 2. The molecule has 4 nitrogen and oxygen atoms in total.